The van der Waals surface area contributed by atoms with Gasteiger partial charge >= 0.3 is 0 Å². The fourth-order valence-corrected chi connectivity index (χ4v) is 2.88. The van der Waals surface area contributed by atoms with E-state index in [1.165, 1.54) is 0 Å². The van der Waals surface area contributed by atoms with Gasteiger partial charge in [0.15, 0.2) is 11.5 Å². The highest BCUT2D eigenvalue weighted by atomic mass is 79.9. The minimum atomic E-state index is 0.596. The first-order valence-electron chi connectivity index (χ1n) is 7.63. The third kappa shape index (κ3) is 4.79. The number of halogens is 1. The summed E-state index contributed by atoms with van der Waals surface area (Å²) in [6.07, 6.45) is 0. The van der Waals surface area contributed by atoms with E-state index in [0.29, 0.717) is 19.8 Å². The third-order valence-electron chi connectivity index (χ3n) is 3.24. The average molecular weight is 380 g/mol. The van der Waals surface area contributed by atoms with Crippen LogP contribution in [0.5, 0.6) is 17.2 Å². The van der Waals surface area contributed by atoms with Crippen molar-refractivity contribution in [2.24, 2.45) is 0 Å². The number of nitrogens with one attached hydrogen (secondary N) is 1. The molecule has 0 bridgehead atoms. The van der Waals surface area contributed by atoms with Gasteiger partial charge in [-0.25, -0.2) is 0 Å². The van der Waals surface area contributed by atoms with E-state index in [1.54, 1.807) is 7.11 Å². The lowest BCUT2D eigenvalue weighted by Gasteiger charge is -2.14. The molecule has 0 fully saturated rings. The quantitative estimate of drug-likeness (QED) is 0.710. The third-order valence-corrected chi connectivity index (χ3v) is 3.82. The lowest BCUT2D eigenvalue weighted by Crippen LogP contribution is -2.02. The molecule has 0 radical (unpaired) electrons. The first-order valence-corrected chi connectivity index (χ1v) is 8.43. The van der Waals surface area contributed by atoms with Gasteiger partial charge in [-0.2, -0.15) is 0 Å². The molecule has 4 nitrogen and oxygen atoms in total. The second-order valence-electron chi connectivity index (χ2n) is 4.85. The van der Waals surface area contributed by atoms with Gasteiger partial charge < -0.3 is 19.5 Å². The molecule has 0 unspecified atom stereocenters. The second-order valence-corrected chi connectivity index (χ2v) is 5.71. The van der Waals surface area contributed by atoms with Gasteiger partial charge in [0, 0.05) is 12.2 Å². The van der Waals surface area contributed by atoms with Crippen LogP contribution in [0.3, 0.4) is 0 Å². The van der Waals surface area contributed by atoms with Crippen LogP contribution in [0.2, 0.25) is 0 Å². The van der Waals surface area contributed by atoms with Crippen molar-refractivity contribution in [2.45, 2.75) is 20.4 Å². The Labute approximate surface area is 145 Å². The van der Waals surface area contributed by atoms with Crippen LogP contribution < -0.4 is 19.5 Å². The van der Waals surface area contributed by atoms with Crippen molar-refractivity contribution in [3.05, 3.63) is 46.4 Å². The Morgan fingerprint density at radius 1 is 1.00 bits per heavy atom. The van der Waals surface area contributed by atoms with Crippen LogP contribution in [0.25, 0.3) is 0 Å². The SMILES string of the molecule is CCOc1ccc(NCc2cc(Br)c(OC)c(OCC)c2)cc1. The molecule has 1 N–H and O–H groups in total. The van der Waals surface area contributed by atoms with Crippen molar-refractivity contribution in [3.63, 3.8) is 0 Å². The molecule has 0 saturated heterocycles. The molecule has 0 spiro atoms. The first-order chi connectivity index (χ1) is 11.2. The van der Waals surface area contributed by atoms with E-state index in [1.807, 2.05) is 50.2 Å². The summed E-state index contributed by atoms with van der Waals surface area (Å²) >= 11 is 3.53. The summed E-state index contributed by atoms with van der Waals surface area (Å²) in [6, 6.07) is 12.0. The Bertz CT molecular complexity index is 629. The summed E-state index contributed by atoms with van der Waals surface area (Å²) in [5, 5.41) is 3.39. The molecule has 0 saturated carbocycles. The van der Waals surface area contributed by atoms with Gasteiger partial charge in [-0.1, -0.05) is 0 Å². The van der Waals surface area contributed by atoms with E-state index in [-0.39, 0.29) is 0 Å². The maximum atomic E-state index is 5.64. The number of methoxy groups -OCH3 is 1. The predicted octanol–water partition coefficient (Wildman–Crippen LogP) is 4.87. The van der Waals surface area contributed by atoms with Crippen molar-refractivity contribution < 1.29 is 14.2 Å². The molecular formula is C18H22BrNO3. The monoisotopic (exact) mass is 379 g/mol. The highest BCUT2D eigenvalue weighted by Gasteiger charge is 2.11. The minimum Gasteiger partial charge on any atom is -0.494 e. The molecule has 0 heterocycles. The Kier molecular flexibility index (Phi) is 6.59. The fraction of sp³-hybridized carbons (Fsp3) is 0.333. The van der Waals surface area contributed by atoms with Gasteiger partial charge in [-0.3, -0.25) is 0 Å². The summed E-state index contributed by atoms with van der Waals surface area (Å²) in [4.78, 5) is 0. The average Bonchev–Trinajstić information content (AvgIpc) is 2.55. The van der Waals surface area contributed by atoms with Crippen molar-refractivity contribution in [2.75, 3.05) is 25.6 Å². The van der Waals surface area contributed by atoms with E-state index in [2.05, 4.69) is 21.2 Å². The van der Waals surface area contributed by atoms with E-state index in [0.717, 1.165) is 33.0 Å². The number of hydrogen-bond acceptors (Lipinski definition) is 4. The largest absolute Gasteiger partial charge is 0.494 e. The standard InChI is InChI=1S/C18H22BrNO3/c1-4-22-15-8-6-14(7-9-15)20-12-13-10-16(19)18(21-3)17(11-13)23-5-2/h6-11,20H,4-5,12H2,1-3H3. The van der Waals surface area contributed by atoms with E-state index in [9.17, 15) is 0 Å². The molecule has 124 valence electrons. The molecular weight excluding hydrogens is 358 g/mol. The Morgan fingerprint density at radius 3 is 2.30 bits per heavy atom. The minimum absolute atomic E-state index is 0.596. The lowest BCUT2D eigenvalue weighted by molar-refractivity contribution is 0.309. The van der Waals surface area contributed by atoms with Crippen LogP contribution in [0, 0.1) is 0 Å². The Morgan fingerprint density at radius 2 is 1.70 bits per heavy atom. The van der Waals surface area contributed by atoms with Crippen molar-refractivity contribution >= 4 is 21.6 Å². The summed E-state index contributed by atoms with van der Waals surface area (Å²) < 4.78 is 17.3. The molecule has 2 aromatic carbocycles. The number of ether oxygens (including phenoxy) is 3. The number of benzene rings is 2. The lowest BCUT2D eigenvalue weighted by atomic mass is 10.2. The highest BCUT2D eigenvalue weighted by Crippen LogP contribution is 2.36. The van der Waals surface area contributed by atoms with Gasteiger partial charge in [0.1, 0.15) is 5.75 Å². The zero-order chi connectivity index (χ0) is 16.7. The Balaban J connectivity index is 2.07. The van der Waals surface area contributed by atoms with Crippen molar-refractivity contribution in [3.8, 4) is 17.2 Å². The maximum absolute atomic E-state index is 5.64. The number of hydrogen-bond donors (Lipinski definition) is 1. The molecule has 0 aliphatic carbocycles. The summed E-state index contributed by atoms with van der Waals surface area (Å²) in [6.45, 7) is 5.89. The molecule has 0 aliphatic rings. The van der Waals surface area contributed by atoms with Crippen molar-refractivity contribution in [1.29, 1.82) is 0 Å². The van der Waals surface area contributed by atoms with Gasteiger partial charge in [0.2, 0.25) is 0 Å². The molecule has 2 rings (SSSR count). The number of anilines is 1. The van der Waals surface area contributed by atoms with Crippen LogP contribution in [-0.4, -0.2) is 20.3 Å². The topological polar surface area (TPSA) is 39.7 Å². The van der Waals surface area contributed by atoms with Crippen LogP contribution in [0.15, 0.2) is 40.9 Å². The normalized spacial score (nSPS) is 10.3. The molecule has 0 aromatic heterocycles. The second kappa shape index (κ2) is 8.67. The number of rotatable bonds is 8. The highest BCUT2D eigenvalue weighted by molar-refractivity contribution is 9.10. The van der Waals surface area contributed by atoms with Crippen LogP contribution in [0.1, 0.15) is 19.4 Å². The molecule has 23 heavy (non-hydrogen) atoms. The smallest absolute Gasteiger partial charge is 0.174 e. The van der Waals surface area contributed by atoms with Crippen LogP contribution in [-0.2, 0) is 6.54 Å². The van der Waals surface area contributed by atoms with Gasteiger partial charge in [0.25, 0.3) is 0 Å². The van der Waals surface area contributed by atoms with E-state index >= 15 is 0 Å². The molecule has 2 aromatic rings. The van der Waals surface area contributed by atoms with Crippen LogP contribution in [0.4, 0.5) is 5.69 Å². The zero-order valence-electron chi connectivity index (χ0n) is 13.7. The van der Waals surface area contributed by atoms with Crippen LogP contribution >= 0.6 is 15.9 Å². The molecule has 0 atom stereocenters. The summed E-state index contributed by atoms with van der Waals surface area (Å²) in [7, 11) is 1.64. The molecule has 0 aliphatic heterocycles. The first kappa shape index (κ1) is 17.5. The van der Waals surface area contributed by atoms with E-state index < -0.39 is 0 Å². The Hall–Kier alpha value is -1.88. The summed E-state index contributed by atoms with van der Waals surface area (Å²) in [5.74, 6) is 2.34. The molecule has 0 amide bonds. The van der Waals surface area contributed by atoms with Gasteiger partial charge in [-0.15, -0.1) is 0 Å². The van der Waals surface area contributed by atoms with E-state index in [4.69, 9.17) is 14.2 Å². The van der Waals surface area contributed by atoms with Gasteiger partial charge in [-0.05, 0) is 71.7 Å². The summed E-state index contributed by atoms with van der Waals surface area (Å²) in [5.41, 5.74) is 2.15. The predicted molar refractivity (Wildman–Crippen MR) is 96.8 cm³/mol. The fourth-order valence-electron chi connectivity index (χ4n) is 2.22. The van der Waals surface area contributed by atoms with Gasteiger partial charge in [0.05, 0.1) is 24.8 Å². The molecule has 5 heteroatoms. The zero-order valence-corrected chi connectivity index (χ0v) is 15.3. The maximum Gasteiger partial charge on any atom is 0.174 e. The van der Waals surface area contributed by atoms with Crippen molar-refractivity contribution in [1.82, 2.24) is 0 Å².